The molecule has 1 amide bonds. The number of benzene rings is 3. The predicted octanol–water partition coefficient (Wildman–Crippen LogP) is 4.93. The van der Waals surface area contributed by atoms with Crippen LogP contribution in [-0.2, 0) is 11.3 Å². The van der Waals surface area contributed by atoms with Crippen molar-refractivity contribution in [2.45, 2.75) is 59.2 Å². The van der Waals surface area contributed by atoms with E-state index >= 15 is 0 Å². The van der Waals surface area contributed by atoms with Crippen molar-refractivity contribution in [3.05, 3.63) is 70.8 Å². The summed E-state index contributed by atoms with van der Waals surface area (Å²) in [7, 11) is 0. The normalized spacial score (nSPS) is 16.0. The molecule has 1 saturated heterocycles. The maximum Gasteiger partial charge on any atom is 0.242 e. The average Bonchev–Trinajstić information content (AvgIpc) is 2.81. The lowest BCUT2D eigenvalue weighted by Crippen LogP contribution is -2.48. The van der Waals surface area contributed by atoms with Crippen molar-refractivity contribution in [1.82, 2.24) is 10.2 Å². The van der Waals surface area contributed by atoms with Crippen LogP contribution in [0.1, 0.15) is 42.0 Å². The second-order valence-corrected chi connectivity index (χ2v) is 9.53. The summed E-state index contributed by atoms with van der Waals surface area (Å²) in [6.07, 6.45) is 1.95. The first kappa shape index (κ1) is 23.1. The molecular weight excluding hydrogens is 408 g/mol. The van der Waals surface area contributed by atoms with Crippen LogP contribution in [0, 0.1) is 20.8 Å². The van der Waals surface area contributed by atoms with Crippen LogP contribution < -0.4 is 16.4 Å². The lowest BCUT2D eigenvalue weighted by Gasteiger charge is -2.33. The van der Waals surface area contributed by atoms with Crippen LogP contribution >= 0.6 is 0 Å². The van der Waals surface area contributed by atoms with Gasteiger partial charge in [0, 0.05) is 37.1 Å². The second kappa shape index (κ2) is 9.84. The minimum Gasteiger partial charge on any atom is -0.398 e. The summed E-state index contributed by atoms with van der Waals surface area (Å²) < 4.78 is 0. The molecular formula is C28H36N4O. The topological polar surface area (TPSA) is 70.4 Å². The van der Waals surface area contributed by atoms with Gasteiger partial charge in [0.2, 0.25) is 5.91 Å². The summed E-state index contributed by atoms with van der Waals surface area (Å²) in [5.41, 5.74) is 12.5. The number of anilines is 2. The monoisotopic (exact) mass is 444 g/mol. The number of carbonyl (C=O) groups is 1. The maximum atomic E-state index is 12.9. The van der Waals surface area contributed by atoms with Gasteiger partial charge in [-0.05, 0) is 79.6 Å². The van der Waals surface area contributed by atoms with Crippen molar-refractivity contribution < 1.29 is 4.79 Å². The molecule has 3 aromatic carbocycles. The zero-order chi connectivity index (χ0) is 23.5. The molecule has 1 aliphatic heterocycles. The third-order valence-corrected chi connectivity index (χ3v) is 6.94. The Kier molecular flexibility index (Phi) is 6.89. The van der Waals surface area contributed by atoms with Crippen molar-refractivity contribution >= 4 is 28.1 Å². The van der Waals surface area contributed by atoms with Crippen molar-refractivity contribution in [3.8, 4) is 0 Å². The smallest absolute Gasteiger partial charge is 0.242 e. The fourth-order valence-corrected chi connectivity index (χ4v) is 4.86. The Balaban J connectivity index is 1.28. The van der Waals surface area contributed by atoms with Gasteiger partial charge in [0.1, 0.15) is 6.04 Å². The molecule has 1 atom stereocenters. The molecule has 33 heavy (non-hydrogen) atoms. The molecule has 4 N–H and O–H groups in total. The van der Waals surface area contributed by atoms with Gasteiger partial charge in [-0.2, -0.15) is 0 Å². The summed E-state index contributed by atoms with van der Waals surface area (Å²) >= 11 is 0. The average molecular weight is 445 g/mol. The molecule has 1 aliphatic rings. The van der Waals surface area contributed by atoms with Crippen molar-refractivity contribution in [1.29, 1.82) is 0 Å². The molecule has 0 saturated carbocycles. The van der Waals surface area contributed by atoms with E-state index in [1.807, 2.05) is 20.8 Å². The lowest BCUT2D eigenvalue weighted by atomic mass is 10.0. The Hall–Kier alpha value is -3.05. The number of fused-ring (bicyclic) bond motifs is 1. The Labute approximate surface area is 197 Å². The highest BCUT2D eigenvalue weighted by molar-refractivity contribution is 5.86. The molecule has 0 radical (unpaired) electrons. The number of amides is 1. The zero-order valence-electron chi connectivity index (χ0n) is 20.2. The number of likely N-dealkylation sites (tertiary alicyclic amines) is 1. The van der Waals surface area contributed by atoms with Crippen LogP contribution in [0.15, 0.2) is 48.5 Å². The lowest BCUT2D eigenvalue weighted by molar-refractivity contribution is -0.122. The Morgan fingerprint density at radius 1 is 1.03 bits per heavy atom. The standard InChI is InChI=1S/C28H36N4O/c1-18-15-19(2)27(20(3)26(18)29)30-21(4)28(33)31-25-11-13-32(14-12-25)17-22-9-10-23-7-5-6-8-24(23)16-22/h5-10,15-16,21,25,30H,11-14,17,29H2,1-4H3,(H,31,33). The number of aryl methyl sites for hydroxylation is 2. The molecule has 0 bridgehead atoms. The van der Waals surface area contributed by atoms with E-state index in [0.29, 0.717) is 0 Å². The van der Waals surface area contributed by atoms with Crippen LogP contribution in [0.5, 0.6) is 0 Å². The first-order valence-corrected chi connectivity index (χ1v) is 11.9. The van der Waals surface area contributed by atoms with Crippen LogP contribution in [0.3, 0.4) is 0 Å². The molecule has 0 aromatic heterocycles. The largest absolute Gasteiger partial charge is 0.398 e. The van der Waals surface area contributed by atoms with Gasteiger partial charge < -0.3 is 16.4 Å². The summed E-state index contributed by atoms with van der Waals surface area (Å²) in [4.78, 5) is 15.4. The summed E-state index contributed by atoms with van der Waals surface area (Å²) in [6, 6.07) is 17.2. The van der Waals surface area contributed by atoms with E-state index in [0.717, 1.165) is 60.5 Å². The van der Waals surface area contributed by atoms with Crippen LogP contribution in [0.25, 0.3) is 10.8 Å². The molecule has 3 aromatic rings. The van der Waals surface area contributed by atoms with E-state index < -0.39 is 0 Å². The van der Waals surface area contributed by atoms with Gasteiger partial charge in [0.25, 0.3) is 0 Å². The molecule has 174 valence electrons. The van der Waals surface area contributed by atoms with Gasteiger partial charge in [-0.25, -0.2) is 0 Å². The van der Waals surface area contributed by atoms with Crippen molar-refractivity contribution in [2.24, 2.45) is 0 Å². The van der Waals surface area contributed by atoms with E-state index in [-0.39, 0.29) is 18.0 Å². The SMILES string of the molecule is Cc1cc(C)c(NC(C)C(=O)NC2CCN(Cc3ccc4ccccc4c3)CC2)c(C)c1N. The maximum absolute atomic E-state index is 12.9. The minimum absolute atomic E-state index is 0.0425. The quantitative estimate of drug-likeness (QED) is 0.472. The minimum atomic E-state index is -0.319. The number of nitrogens with two attached hydrogens (primary N) is 1. The Morgan fingerprint density at radius 2 is 1.73 bits per heavy atom. The third kappa shape index (κ3) is 5.31. The fourth-order valence-electron chi connectivity index (χ4n) is 4.86. The van der Waals surface area contributed by atoms with Crippen molar-refractivity contribution in [3.63, 3.8) is 0 Å². The zero-order valence-corrected chi connectivity index (χ0v) is 20.2. The fraction of sp³-hybridized carbons (Fsp3) is 0.393. The molecule has 0 aliphatic carbocycles. The number of hydrogen-bond donors (Lipinski definition) is 3. The van der Waals surface area contributed by atoms with Gasteiger partial charge in [-0.3, -0.25) is 9.69 Å². The number of nitrogen functional groups attached to an aromatic ring is 1. The van der Waals surface area contributed by atoms with Gasteiger partial charge in [0.05, 0.1) is 0 Å². The van der Waals surface area contributed by atoms with Crippen LogP contribution in [0.2, 0.25) is 0 Å². The third-order valence-electron chi connectivity index (χ3n) is 6.94. The number of nitrogens with zero attached hydrogens (tertiary/aromatic N) is 1. The second-order valence-electron chi connectivity index (χ2n) is 9.53. The highest BCUT2D eigenvalue weighted by Crippen LogP contribution is 2.29. The predicted molar refractivity (Wildman–Crippen MR) is 139 cm³/mol. The van der Waals surface area contributed by atoms with Crippen molar-refractivity contribution in [2.75, 3.05) is 24.1 Å². The van der Waals surface area contributed by atoms with Gasteiger partial charge in [-0.15, -0.1) is 0 Å². The van der Waals surface area contributed by atoms with E-state index in [4.69, 9.17) is 5.73 Å². The summed E-state index contributed by atoms with van der Waals surface area (Å²) in [5.74, 6) is 0.0425. The van der Waals surface area contributed by atoms with Crippen LogP contribution in [-0.4, -0.2) is 36.0 Å². The van der Waals surface area contributed by atoms with Gasteiger partial charge >= 0.3 is 0 Å². The van der Waals surface area contributed by atoms with Crippen LogP contribution in [0.4, 0.5) is 11.4 Å². The number of rotatable bonds is 6. The Morgan fingerprint density at radius 3 is 2.45 bits per heavy atom. The highest BCUT2D eigenvalue weighted by atomic mass is 16.2. The van der Waals surface area contributed by atoms with E-state index in [1.165, 1.54) is 16.3 Å². The van der Waals surface area contributed by atoms with E-state index in [1.54, 1.807) is 0 Å². The van der Waals surface area contributed by atoms with E-state index in [2.05, 4.69) is 71.0 Å². The highest BCUT2D eigenvalue weighted by Gasteiger charge is 2.23. The molecule has 4 rings (SSSR count). The number of nitrogens with one attached hydrogen (secondary N) is 2. The number of piperidine rings is 1. The van der Waals surface area contributed by atoms with E-state index in [9.17, 15) is 4.79 Å². The summed E-state index contributed by atoms with van der Waals surface area (Å²) in [5, 5.41) is 9.22. The number of hydrogen-bond acceptors (Lipinski definition) is 4. The first-order chi connectivity index (χ1) is 15.8. The summed E-state index contributed by atoms with van der Waals surface area (Å²) in [6.45, 7) is 10.9. The molecule has 5 heteroatoms. The molecule has 5 nitrogen and oxygen atoms in total. The Bertz CT molecular complexity index is 1150. The molecule has 1 fully saturated rings. The molecule has 1 heterocycles. The molecule has 0 spiro atoms. The molecule has 1 unspecified atom stereocenters. The first-order valence-electron chi connectivity index (χ1n) is 11.9. The number of carbonyl (C=O) groups excluding carboxylic acids is 1. The van der Waals surface area contributed by atoms with Gasteiger partial charge in [-0.1, -0.05) is 42.5 Å². The van der Waals surface area contributed by atoms with Gasteiger partial charge in [0.15, 0.2) is 0 Å².